The van der Waals surface area contributed by atoms with E-state index in [1.165, 1.54) is 23.2 Å². The van der Waals surface area contributed by atoms with E-state index in [1.807, 2.05) is 6.07 Å². The van der Waals surface area contributed by atoms with Gasteiger partial charge < -0.3 is 9.73 Å². The Morgan fingerprint density at radius 2 is 1.95 bits per heavy atom. The summed E-state index contributed by atoms with van der Waals surface area (Å²) < 4.78 is 7.03. The third-order valence-electron chi connectivity index (χ3n) is 3.80. The molecule has 5 heteroatoms. The predicted octanol–water partition coefficient (Wildman–Crippen LogP) is 2.83. The van der Waals surface area contributed by atoms with Crippen molar-refractivity contribution >= 4 is 0 Å². The Balaban J connectivity index is 1.67. The maximum atomic E-state index is 4.97. The van der Waals surface area contributed by atoms with Crippen LogP contribution in [0.15, 0.2) is 47.4 Å². The summed E-state index contributed by atoms with van der Waals surface area (Å²) in [6.07, 6.45) is 3.11. The summed E-state index contributed by atoms with van der Waals surface area (Å²) >= 11 is 0. The molecule has 114 valence electrons. The van der Waals surface area contributed by atoms with Crippen molar-refractivity contribution in [3.8, 4) is 0 Å². The number of hydrogen-bond acceptors (Lipinski definition) is 4. The number of nitrogens with one attached hydrogen (secondary N) is 1. The Labute approximate surface area is 130 Å². The third-order valence-corrected chi connectivity index (χ3v) is 3.80. The lowest BCUT2D eigenvalue weighted by Gasteiger charge is -2.06. The van der Waals surface area contributed by atoms with Crippen molar-refractivity contribution in [1.82, 2.24) is 20.1 Å². The van der Waals surface area contributed by atoms with Crippen molar-refractivity contribution in [2.45, 2.75) is 33.5 Å². The van der Waals surface area contributed by atoms with E-state index in [1.54, 1.807) is 6.26 Å². The maximum Gasteiger partial charge on any atom is 0.180 e. The minimum absolute atomic E-state index is 0.694. The first kappa shape index (κ1) is 14.5. The lowest BCUT2D eigenvalue weighted by molar-refractivity contribution is 0.554. The molecule has 0 aliphatic heterocycles. The van der Waals surface area contributed by atoms with Gasteiger partial charge in [0.1, 0.15) is 6.26 Å². The predicted molar refractivity (Wildman–Crippen MR) is 84.3 cm³/mol. The fraction of sp³-hybridized carbons (Fsp3) is 0.294. The summed E-state index contributed by atoms with van der Waals surface area (Å²) in [7, 11) is 0. The molecule has 1 aromatic carbocycles. The molecule has 3 rings (SSSR count). The third kappa shape index (κ3) is 3.26. The lowest BCUT2D eigenvalue weighted by Crippen LogP contribution is -2.14. The number of oxazole rings is 1. The second kappa shape index (κ2) is 6.58. The van der Waals surface area contributed by atoms with Crippen molar-refractivity contribution in [2.75, 3.05) is 0 Å². The molecule has 0 unspecified atom stereocenters. The van der Waals surface area contributed by atoms with Crippen molar-refractivity contribution in [3.63, 3.8) is 0 Å². The number of aryl methyl sites for hydroxylation is 1. The van der Waals surface area contributed by atoms with Crippen LogP contribution in [0.25, 0.3) is 0 Å². The quantitative estimate of drug-likeness (QED) is 0.760. The van der Waals surface area contributed by atoms with Gasteiger partial charge in [0.05, 0.1) is 17.9 Å². The van der Waals surface area contributed by atoms with E-state index in [-0.39, 0.29) is 0 Å². The molecule has 1 N–H and O–H groups in total. The minimum Gasteiger partial charge on any atom is -0.451 e. The Bertz CT molecular complexity index is 717. The molecule has 0 spiro atoms. The van der Waals surface area contributed by atoms with E-state index >= 15 is 0 Å². The van der Waals surface area contributed by atoms with E-state index in [2.05, 4.69) is 58.2 Å². The second-order valence-electron chi connectivity index (χ2n) is 5.38. The van der Waals surface area contributed by atoms with Crippen LogP contribution < -0.4 is 5.32 Å². The maximum absolute atomic E-state index is 4.97. The van der Waals surface area contributed by atoms with Crippen LogP contribution >= 0.6 is 0 Å². The van der Waals surface area contributed by atoms with E-state index in [0.717, 1.165) is 24.5 Å². The fourth-order valence-corrected chi connectivity index (χ4v) is 2.54. The van der Waals surface area contributed by atoms with E-state index in [9.17, 15) is 0 Å². The van der Waals surface area contributed by atoms with Crippen LogP contribution in [0.1, 0.15) is 28.2 Å². The molecule has 0 aliphatic carbocycles. The Morgan fingerprint density at radius 1 is 1.14 bits per heavy atom. The molecule has 2 heterocycles. The van der Waals surface area contributed by atoms with Crippen LogP contribution in [0, 0.1) is 13.8 Å². The summed E-state index contributed by atoms with van der Waals surface area (Å²) in [5.74, 6) is 0. The molecule has 0 radical (unpaired) electrons. The first-order chi connectivity index (χ1) is 10.7. The minimum atomic E-state index is 0.694. The molecule has 3 aromatic rings. The summed E-state index contributed by atoms with van der Waals surface area (Å²) in [4.78, 5) is 4.10. The van der Waals surface area contributed by atoms with Crippen LogP contribution in [0.3, 0.4) is 0 Å². The summed E-state index contributed by atoms with van der Waals surface area (Å²) in [6, 6.07) is 10.4. The van der Waals surface area contributed by atoms with Gasteiger partial charge >= 0.3 is 0 Å². The molecule has 5 nitrogen and oxygen atoms in total. The van der Waals surface area contributed by atoms with Crippen LogP contribution in [0.2, 0.25) is 0 Å². The monoisotopic (exact) mass is 296 g/mol. The van der Waals surface area contributed by atoms with E-state index in [4.69, 9.17) is 4.42 Å². The van der Waals surface area contributed by atoms with Crippen molar-refractivity contribution in [3.05, 3.63) is 71.2 Å². The van der Waals surface area contributed by atoms with E-state index < -0.39 is 0 Å². The van der Waals surface area contributed by atoms with Crippen molar-refractivity contribution < 1.29 is 4.42 Å². The Kier molecular flexibility index (Phi) is 4.34. The number of aromatic nitrogens is 3. The van der Waals surface area contributed by atoms with Gasteiger partial charge in [-0.3, -0.25) is 4.68 Å². The highest BCUT2D eigenvalue weighted by Gasteiger charge is 2.11. The molecular formula is C17H20N4O. The second-order valence-corrected chi connectivity index (χ2v) is 5.38. The highest BCUT2D eigenvalue weighted by molar-refractivity contribution is 5.26. The molecule has 0 aliphatic rings. The van der Waals surface area contributed by atoms with Crippen molar-refractivity contribution in [2.24, 2.45) is 0 Å². The first-order valence-corrected chi connectivity index (χ1v) is 7.38. The van der Waals surface area contributed by atoms with Crippen LogP contribution in [-0.2, 0) is 19.6 Å². The zero-order chi connectivity index (χ0) is 15.4. The van der Waals surface area contributed by atoms with Gasteiger partial charge in [-0.15, -0.1) is 0 Å². The standard InChI is InChI=1S/C17H20N4O/c1-13-17(9-18-8-16-11-22-12-19-16)14(2)21(20-13)10-15-6-4-3-5-7-15/h3-7,11-12,18H,8-10H2,1-2H3. The number of benzene rings is 1. The number of nitrogens with zero attached hydrogens (tertiary/aromatic N) is 3. The topological polar surface area (TPSA) is 55.9 Å². The van der Waals surface area contributed by atoms with Crippen LogP contribution in [0.4, 0.5) is 0 Å². The van der Waals surface area contributed by atoms with Gasteiger partial charge in [0.15, 0.2) is 6.39 Å². The largest absolute Gasteiger partial charge is 0.451 e. The summed E-state index contributed by atoms with van der Waals surface area (Å²) in [5, 5.41) is 8.05. The fourth-order valence-electron chi connectivity index (χ4n) is 2.54. The molecular weight excluding hydrogens is 276 g/mol. The van der Waals surface area contributed by atoms with Crippen LogP contribution in [0.5, 0.6) is 0 Å². The molecule has 0 amide bonds. The first-order valence-electron chi connectivity index (χ1n) is 7.38. The van der Waals surface area contributed by atoms with Gasteiger partial charge in [-0.1, -0.05) is 30.3 Å². The zero-order valence-electron chi connectivity index (χ0n) is 12.9. The summed E-state index contributed by atoms with van der Waals surface area (Å²) in [6.45, 7) is 6.45. The van der Waals surface area contributed by atoms with Gasteiger partial charge in [0, 0.05) is 24.3 Å². The SMILES string of the molecule is Cc1nn(Cc2ccccc2)c(C)c1CNCc1cocn1. The van der Waals surface area contributed by atoms with Gasteiger partial charge in [0.2, 0.25) is 0 Å². The number of rotatable bonds is 6. The summed E-state index contributed by atoms with van der Waals surface area (Å²) in [5.41, 5.74) is 5.69. The molecule has 2 aromatic heterocycles. The average Bonchev–Trinajstić information content (AvgIpc) is 3.12. The molecule has 0 fully saturated rings. The van der Waals surface area contributed by atoms with Crippen molar-refractivity contribution in [1.29, 1.82) is 0 Å². The number of hydrogen-bond donors (Lipinski definition) is 1. The highest BCUT2D eigenvalue weighted by atomic mass is 16.3. The highest BCUT2D eigenvalue weighted by Crippen LogP contribution is 2.14. The van der Waals surface area contributed by atoms with Gasteiger partial charge in [-0.05, 0) is 19.4 Å². The van der Waals surface area contributed by atoms with Gasteiger partial charge in [-0.25, -0.2) is 4.98 Å². The Morgan fingerprint density at radius 3 is 2.68 bits per heavy atom. The van der Waals surface area contributed by atoms with Gasteiger partial charge in [-0.2, -0.15) is 5.10 Å². The smallest absolute Gasteiger partial charge is 0.180 e. The Hall–Kier alpha value is -2.40. The zero-order valence-corrected chi connectivity index (χ0v) is 12.9. The molecule has 0 bridgehead atoms. The van der Waals surface area contributed by atoms with Gasteiger partial charge in [0.25, 0.3) is 0 Å². The lowest BCUT2D eigenvalue weighted by atomic mass is 10.2. The normalized spacial score (nSPS) is 11.0. The molecule has 0 saturated heterocycles. The molecule has 0 saturated carbocycles. The average molecular weight is 296 g/mol. The molecule has 0 atom stereocenters. The van der Waals surface area contributed by atoms with E-state index in [0.29, 0.717) is 6.54 Å². The van der Waals surface area contributed by atoms with Crippen LogP contribution in [-0.4, -0.2) is 14.8 Å². The molecule has 22 heavy (non-hydrogen) atoms.